The van der Waals surface area contributed by atoms with Crippen LogP contribution < -0.4 is 4.90 Å². The quantitative estimate of drug-likeness (QED) is 0.298. The summed E-state index contributed by atoms with van der Waals surface area (Å²) < 4.78 is 15.6. The number of phenols is 1. The molecule has 2 unspecified atom stereocenters. The molecule has 3 aliphatic heterocycles. The molecule has 9 nitrogen and oxygen atoms in total. The number of rotatable bonds is 6. The molecule has 4 aromatic heterocycles. The van der Waals surface area contributed by atoms with Crippen molar-refractivity contribution in [1.82, 2.24) is 29.6 Å². The van der Waals surface area contributed by atoms with Gasteiger partial charge in [-0.05, 0) is 56.7 Å². The van der Waals surface area contributed by atoms with Crippen LogP contribution in [0.5, 0.6) is 5.75 Å². The van der Waals surface area contributed by atoms with Crippen molar-refractivity contribution in [3.63, 3.8) is 0 Å². The van der Waals surface area contributed by atoms with Crippen molar-refractivity contribution in [2.24, 2.45) is 0 Å². The van der Waals surface area contributed by atoms with Crippen LogP contribution in [0.1, 0.15) is 37.4 Å². The summed E-state index contributed by atoms with van der Waals surface area (Å²) in [6.07, 6.45) is 8.35. The molecule has 0 amide bonds. The minimum atomic E-state index is -0.335. The zero-order valence-electron chi connectivity index (χ0n) is 22.8. The Morgan fingerprint density at radius 3 is 2.61 bits per heavy atom. The zero-order valence-corrected chi connectivity index (χ0v) is 22.8. The lowest BCUT2D eigenvalue weighted by Gasteiger charge is -2.56. The number of nitrogens with zero attached hydrogens (tertiary/aromatic N) is 7. The Labute approximate surface area is 236 Å². The Hall–Kier alpha value is -4.75. The van der Waals surface area contributed by atoms with Gasteiger partial charge in [0.1, 0.15) is 29.1 Å². The molecule has 2 atom stereocenters. The van der Waals surface area contributed by atoms with Crippen molar-refractivity contribution in [2.45, 2.75) is 44.9 Å². The number of benzene rings is 1. The van der Waals surface area contributed by atoms with Crippen LogP contribution in [0.25, 0.3) is 33.4 Å². The first-order chi connectivity index (χ1) is 19.9. The fraction of sp³-hybridized carbons (Fsp3) is 0.290. The molecule has 3 aliphatic rings. The van der Waals surface area contributed by atoms with Gasteiger partial charge < -0.3 is 15.0 Å². The van der Waals surface area contributed by atoms with E-state index in [1.807, 2.05) is 41.5 Å². The van der Waals surface area contributed by atoms with Gasteiger partial charge in [-0.15, -0.1) is 0 Å². The van der Waals surface area contributed by atoms with Crippen molar-refractivity contribution in [1.29, 1.82) is 5.26 Å². The van der Waals surface area contributed by atoms with Crippen molar-refractivity contribution in [3.8, 4) is 34.2 Å². The number of halogens is 1. The van der Waals surface area contributed by atoms with E-state index in [0.717, 1.165) is 53.1 Å². The fourth-order valence-electron chi connectivity index (χ4n) is 6.12. The molecule has 0 aliphatic carbocycles. The summed E-state index contributed by atoms with van der Waals surface area (Å²) in [6.45, 7) is 6.32. The average Bonchev–Trinajstić information content (AvgIpc) is 3.65. The number of pyridine rings is 2. The highest BCUT2D eigenvalue weighted by molar-refractivity contribution is 5.98. The van der Waals surface area contributed by atoms with E-state index < -0.39 is 0 Å². The van der Waals surface area contributed by atoms with Crippen LogP contribution in [0.4, 0.5) is 10.2 Å². The molecule has 2 bridgehead atoms. The number of hydrogen-bond acceptors (Lipinski definition) is 7. The van der Waals surface area contributed by atoms with Crippen molar-refractivity contribution < 1.29 is 9.50 Å². The van der Waals surface area contributed by atoms with Gasteiger partial charge in [-0.25, -0.2) is 14.4 Å². The Morgan fingerprint density at radius 2 is 1.90 bits per heavy atom. The summed E-state index contributed by atoms with van der Waals surface area (Å²) in [7, 11) is 0. The van der Waals surface area contributed by atoms with E-state index in [4.69, 9.17) is 4.98 Å². The minimum absolute atomic E-state index is 0.132. The molecule has 2 N–H and O–H groups in total. The molecule has 8 rings (SSSR count). The number of piperazine rings is 1. The molecular weight excluding hydrogens is 519 g/mol. The molecule has 1 aromatic carbocycles. The monoisotopic (exact) mass is 548 g/mol. The maximum Gasteiger partial charge on any atom is 0.138 e. The number of aromatic hydroxyl groups is 1. The lowest BCUT2D eigenvalue weighted by atomic mass is 9.86. The van der Waals surface area contributed by atoms with Gasteiger partial charge in [-0.3, -0.25) is 9.58 Å². The van der Waals surface area contributed by atoms with Gasteiger partial charge in [0.15, 0.2) is 0 Å². The SMILES string of the molecule is CC(C)n1cc(-c2cc3c(-c4ccc(N5CC6CC(C5)N6Cc5cc(F)ccc5O)nc4)c(C#N)cnc3[nH]2)cn1. The molecule has 7 heterocycles. The number of fused-ring (bicyclic) bond motifs is 3. The molecule has 5 aromatic rings. The molecule has 10 heteroatoms. The predicted molar refractivity (Wildman–Crippen MR) is 154 cm³/mol. The van der Waals surface area contributed by atoms with Crippen LogP contribution in [-0.4, -0.2) is 59.9 Å². The number of H-pyrrole nitrogens is 1. The van der Waals surface area contributed by atoms with Crippen LogP contribution in [0.15, 0.2) is 61.2 Å². The second-order valence-electron chi connectivity index (χ2n) is 11.2. The number of phenolic OH excluding ortho intramolecular Hbond substituents is 1. The van der Waals surface area contributed by atoms with Crippen LogP contribution in [0.3, 0.4) is 0 Å². The van der Waals surface area contributed by atoms with Crippen LogP contribution >= 0.6 is 0 Å². The first-order valence-electron chi connectivity index (χ1n) is 13.8. The highest BCUT2D eigenvalue weighted by atomic mass is 19.1. The molecule has 206 valence electrons. The number of anilines is 1. The Balaban J connectivity index is 1.13. The van der Waals surface area contributed by atoms with Gasteiger partial charge >= 0.3 is 0 Å². The molecular formula is C31H29FN8O. The minimum Gasteiger partial charge on any atom is -0.508 e. The molecule has 3 fully saturated rings. The van der Waals surface area contributed by atoms with Crippen LogP contribution in [0, 0.1) is 17.1 Å². The summed E-state index contributed by atoms with van der Waals surface area (Å²) in [5.74, 6) is 0.683. The standard InChI is InChI=1S/C31H29FN8O/c1-18(2)40-15-22(13-36-40)27-9-26-30(21(10-33)12-35-31(26)37-27)19-3-6-29(34-11-19)38-16-24-8-25(17-38)39(24)14-20-7-23(32)4-5-28(20)41/h3-7,9,11-13,15,18,24-25,41H,8,14,16-17H2,1-2H3,(H,35,37). The summed E-state index contributed by atoms with van der Waals surface area (Å²) in [5, 5.41) is 25.4. The van der Waals surface area contributed by atoms with Crippen molar-refractivity contribution >= 4 is 16.9 Å². The Morgan fingerprint density at radius 1 is 1.07 bits per heavy atom. The highest BCUT2D eigenvalue weighted by Crippen LogP contribution is 2.38. The first-order valence-corrected chi connectivity index (χ1v) is 13.8. The zero-order chi connectivity index (χ0) is 28.2. The number of piperidine rings is 1. The lowest BCUT2D eigenvalue weighted by Crippen LogP contribution is -2.68. The third kappa shape index (κ3) is 4.39. The van der Waals surface area contributed by atoms with Gasteiger partial charge in [-0.1, -0.05) is 0 Å². The number of hydrogen-bond donors (Lipinski definition) is 2. The lowest BCUT2D eigenvalue weighted by molar-refractivity contribution is -0.00921. The van der Waals surface area contributed by atoms with E-state index in [1.54, 1.807) is 6.20 Å². The average molecular weight is 549 g/mol. The van der Waals surface area contributed by atoms with E-state index in [1.165, 1.54) is 18.2 Å². The van der Waals surface area contributed by atoms with Gasteiger partial charge in [-0.2, -0.15) is 10.4 Å². The molecule has 3 saturated heterocycles. The second kappa shape index (κ2) is 9.71. The summed E-state index contributed by atoms with van der Waals surface area (Å²) in [4.78, 5) is 17.3. The number of aromatic nitrogens is 5. The first kappa shape index (κ1) is 25.2. The molecule has 0 radical (unpaired) electrons. The van der Waals surface area contributed by atoms with Crippen molar-refractivity contribution in [2.75, 3.05) is 18.0 Å². The predicted octanol–water partition coefficient (Wildman–Crippen LogP) is 5.25. The highest BCUT2D eigenvalue weighted by Gasteiger charge is 2.44. The number of nitrogens with one attached hydrogen (secondary N) is 1. The Kier molecular flexibility index (Phi) is 5.98. The van der Waals surface area contributed by atoms with Gasteiger partial charge in [0.25, 0.3) is 0 Å². The maximum atomic E-state index is 13.7. The molecule has 41 heavy (non-hydrogen) atoms. The van der Waals surface area contributed by atoms with Gasteiger partial charge in [0, 0.05) is 84.0 Å². The van der Waals surface area contributed by atoms with Crippen molar-refractivity contribution in [3.05, 3.63) is 78.1 Å². The van der Waals surface area contributed by atoms with Gasteiger partial charge in [0.2, 0.25) is 0 Å². The van der Waals surface area contributed by atoms with E-state index in [-0.39, 0.29) is 17.6 Å². The van der Waals surface area contributed by atoms with Crippen LogP contribution in [-0.2, 0) is 6.54 Å². The number of aromatic amines is 1. The van der Waals surface area contributed by atoms with E-state index in [2.05, 4.69) is 44.8 Å². The van der Waals surface area contributed by atoms with E-state index in [9.17, 15) is 14.8 Å². The summed E-state index contributed by atoms with van der Waals surface area (Å²) in [5.41, 5.74) is 5.32. The van der Waals surface area contributed by atoms with Crippen LogP contribution in [0.2, 0.25) is 0 Å². The largest absolute Gasteiger partial charge is 0.508 e. The second-order valence-corrected chi connectivity index (χ2v) is 11.2. The summed E-state index contributed by atoms with van der Waals surface area (Å²) >= 11 is 0. The molecule has 0 spiro atoms. The number of nitriles is 1. The third-order valence-corrected chi connectivity index (χ3v) is 8.32. The Bertz CT molecular complexity index is 1790. The molecule has 0 saturated carbocycles. The van der Waals surface area contributed by atoms with E-state index >= 15 is 0 Å². The fourth-order valence-corrected chi connectivity index (χ4v) is 6.12. The van der Waals surface area contributed by atoms with Gasteiger partial charge in [0.05, 0.1) is 17.5 Å². The summed E-state index contributed by atoms with van der Waals surface area (Å²) in [6, 6.07) is 13.4. The smallest absolute Gasteiger partial charge is 0.138 e. The third-order valence-electron chi connectivity index (χ3n) is 8.32. The maximum absolute atomic E-state index is 13.7. The normalized spacial score (nSPS) is 18.6. The van der Waals surface area contributed by atoms with E-state index in [0.29, 0.717) is 35.4 Å². The topological polar surface area (TPSA) is 110 Å².